The van der Waals surface area contributed by atoms with Crippen LogP contribution in [0, 0.1) is 27.4 Å². The van der Waals surface area contributed by atoms with Crippen molar-refractivity contribution in [2.24, 2.45) is 11.7 Å². The maximum Gasteiger partial charge on any atom is 0.328 e. The number of hydrogen-bond donors (Lipinski definition) is 2. The molecule has 0 saturated carbocycles. The van der Waals surface area contributed by atoms with Crippen molar-refractivity contribution in [1.29, 1.82) is 5.26 Å². The van der Waals surface area contributed by atoms with Gasteiger partial charge in [-0.3, -0.25) is 10.1 Å². The molecule has 0 aliphatic rings. The van der Waals surface area contributed by atoms with Crippen molar-refractivity contribution in [3.05, 3.63) is 27.9 Å². The van der Waals surface area contributed by atoms with Gasteiger partial charge < -0.3 is 11.1 Å². The van der Waals surface area contributed by atoms with Gasteiger partial charge in [-0.15, -0.1) is 0 Å². The van der Waals surface area contributed by atoms with Gasteiger partial charge in [0.05, 0.1) is 10.5 Å². The van der Waals surface area contributed by atoms with E-state index in [2.05, 4.69) is 10.3 Å². The molecular formula is C12H17N5O2. The van der Waals surface area contributed by atoms with Crippen molar-refractivity contribution in [2.45, 2.75) is 26.3 Å². The summed E-state index contributed by atoms with van der Waals surface area (Å²) < 4.78 is 0. The molecule has 1 rings (SSSR count). The van der Waals surface area contributed by atoms with E-state index in [-0.39, 0.29) is 23.0 Å². The molecule has 1 aromatic heterocycles. The second-order valence-electron chi connectivity index (χ2n) is 4.83. The first-order chi connectivity index (χ1) is 8.85. The highest BCUT2D eigenvalue weighted by Crippen LogP contribution is 2.30. The van der Waals surface area contributed by atoms with Crippen molar-refractivity contribution in [3.63, 3.8) is 0 Å². The molecule has 3 N–H and O–H groups in total. The quantitative estimate of drug-likeness (QED) is 0.616. The molecule has 0 aromatic carbocycles. The van der Waals surface area contributed by atoms with Crippen molar-refractivity contribution in [2.75, 3.05) is 11.9 Å². The Balaban J connectivity index is 3.29. The lowest BCUT2D eigenvalue weighted by Crippen LogP contribution is -2.47. The molecule has 19 heavy (non-hydrogen) atoms. The normalized spacial score (nSPS) is 13.7. The summed E-state index contributed by atoms with van der Waals surface area (Å²) in [5, 5.41) is 23.0. The standard InChI is InChI=1S/C12H17N5O2/c1-8(2)12(3,7-14)16-11-10(17(18)19)9(6-13)4-5-15-11/h4-5,8H,7,14H2,1-3H3,(H,15,16). The first-order valence-electron chi connectivity index (χ1n) is 5.87. The van der Waals surface area contributed by atoms with E-state index in [1.54, 1.807) is 6.07 Å². The Morgan fingerprint density at radius 3 is 2.74 bits per heavy atom. The molecule has 0 aliphatic heterocycles. The number of nitrogens with two attached hydrogens (primary N) is 1. The number of pyridine rings is 1. The minimum absolute atomic E-state index is 0.0226. The molecule has 1 atom stereocenters. The summed E-state index contributed by atoms with van der Waals surface area (Å²) >= 11 is 0. The topological polar surface area (TPSA) is 118 Å². The van der Waals surface area contributed by atoms with Gasteiger partial charge in [0.25, 0.3) is 0 Å². The average Bonchev–Trinajstić information content (AvgIpc) is 2.37. The molecule has 102 valence electrons. The molecule has 1 aromatic rings. The number of aromatic nitrogens is 1. The zero-order chi connectivity index (χ0) is 14.6. The van der Waals surface area contributed by atoms with Gasteiger partial charge in [-0.2, -0.15) is 5.26 Å². The van der Waals surface area contributed by atoms with Crippen LogP contribution in [0.15, 0.2) is 12.3 Å². The third-order valence-electron chi connectivity index (χ3n) is 3.33. The highest BCUT2D eigenvalue weighted by Gasteiger charge is 2.31. The summed E-state index contributed by atoms with van der Waals surface area (Å²) in [5.74, 6) is 0.218. The third-order valence-corrected chi connectivity index (χ3v) is 3.33. The van der Waals surface area contributed by atoms with Gasteiger partial charge in [0.2, 0.25) is 5.82 Å². The van der Waals surface area contributed by atoms with Crippen LogP contribution in [0.1, 0.15) is 26.3 Å². The highest BCUT2D eigenvalue weighted by molar-refractivity contribution is 5.65. The molecule has 0 spiro atoms. The Morgan fingerprint density at radius 2 is 2.32 bits per heavy atom. The lowest BCUT2D eigenvalue weighted by Gasteiger charge is -2.33. The summed E-state index contributed by atoms with van der Waals surface area (Å²) in [7, 11) is 0. The van der Waals surface area contributed by atoms with Gasteiger partial charge in [0.15, 0.2) is 0 Å². The first kappa shape index (κ1) is 14.9. The Hall–Kier alpha value is -2.20. The molecule has 0 amide bonds. The zero-order valence-corrected chi connectivity index (χ0v) is 11.2. The van der Waals surface area contributed by atoms with Crippen LogP contribution in [0.3, 0.4) is 0 Å². The lowest BCUT2D eigenvalue weighted by molar-refractivity contribution is -0.384. The number of nitrogens with zero attached hydrogens (tertiary/aromatic N) is 3. The lowest BCUT2D eigenvalue weighted by atomic mass is 9.88. The highest BCUT2D eigenvalue weighted by atomic mass is 16.6. The van der Waals surface area contributed by atoms with Crippen LogP contribution in [0.2, 0.25) is 0 Å². The van der Waals surface area contributed by atoms with Gasteiger partial charge >= 0.3 is 5.69 Å². The minimum atomic E-state index is -0.606. The molecule has 0 bridgehead atoms. The van der Waals surface area contributed by atoms with Crippen LogP contribution in [0.4, 0.5) is 11.5 Å². The van der Waals surface area contributed by atoms with Crippen molar-refractivity contribution < 1.29 is 4.92 Å². The smallest absolute Gasteiger partial charge is 0.328 e. The Labute approximate surface area is 111 Å². The van der Waals surface area contributed by atoms with Gasteiger partial charge in [-0.25, -0.2) is 4.98 Å². The number of nitrogens with one attached hydrogen (secondary N) is 1. The molecule has 0 aliphatic carbocycles. The molecule has 0 fully saturated rings. The number of nitriles is 1. The van der Waals surface area contributed by atoms with E-state index in [4.69, 9.17) is 11.0 Å². The van der Waals surface area contributed by atoms with E-state index in [9.17, 15) is 10.1 Å². The fraction of sp³-hybridized carbons (Fsp3) is 0.500. The average molecular weight is 263 g/mol. The van der Waals surface area contributed by atoms with E-state index in [1.807, 2.05) is 20.8 Å². The number of anilines is 1. The van der Waals surface area contributed by atoms with Crippen LogP contribution in [0.25, 0.3) is 0 Å². The van der Waals surface area contributed by atoms with Crippen LogP contribution in [-0.2, 0) is 0 Å². The summed E-state index contributed by atoms with van der Waals surface area (Å²) in [5.41, 5.74) is 4.85. The van der Waals surface area contributed by atoms with Crippen LogP contribution in [-0.4, -0.2) is 22.0 Å². The molecular weight excluding hydrogens is 246 g/mol. The summed E-state index contributed by atoms with van der Waals surface area (Å²) in [4.78, 5) is 14.4. The Bertz CT molecular complexity index is 523. The number of hydrogen-bond acceptors (Lipinski definition) is 6. The predicted octanol–water partition coefficient (Wildman–Crippen LogP) is 1.65. The Kier molecular flexibility index (Phi) is 4.40. The van der Waals surface area contributed by atoms with Gasteiger partial charge in [0.1, 0.15) is 11.6 Å². The van der Waals surface area contributed by atoms with E-state index < -0.39 is 10.5 Å². The first-order valence-corrected chi connectivity index (χ1v) is 5.87. The van der Waals surface area contributed by atoms with Crippen LogP contribution >= 0.6 is 0 Å². The fourth-order valence-electron chi connectivity index (χ4n) is 1.52. The molecule has 0 saturated heterocycles. The molecule has 7 nitrogen and oxygen atoms in total. The second kappa shape index (κ2) is 5.63. The summed E-state index contributed by atoms with van der Waals surface area (Å²) in [6, 6.07) is 3.12. The minimum Gasteiger partial charge on any atom is -0.358 e. The number of rotatable bonds is 5. The Morgan fingerprint density at radius 1 is 1.68 bits per heavy atom. The summed E-state index contributed by atoms with van der Waals surface area (Å²) in [6.45, 7) is 6.07. The fourth-order valence-corrected chi connectivity index (χ4v) is 1.52. The van der Waals surface area contributed by atoms with E-state index >= 15 is 0 Å². The maximum absolute atomic E-state index is 11.1. The molecule has 1 unspecified atom stereocenters. The predicted molar refractivity (Wildman–Crippen MR) is 71.5 cm³/mol. The molecule has 1 heterocycles. The van der Waals surface area contributed by atoms with Crippen molar-refractivity contribution >= 4 is 11.5 Å². The van der Waals surface area contributed by atoms with E-state index in [0.717, 1.165) is 0 Å². The van der Waals surface area contributed by atoms with Gasteiger partial charge in [0, 0.05) is 12.7 Å². The number of nitro groups is 1. The van der Waals surface area contributed by atoms with E-state index in [0.29, 0.717) is 6.54 Å². The van der Waals surface area contributed by atoms with Crippen LogP contribution < -0.4 is 11.1 Å². The van der Waals surface area contributed by atoms with E-state index in [1.165, 1.54) is 12.3 Å². The van der Waals surface area contributed by atoms with Gasteiger partial charge in [-0.05, 0) is 18.9 Å². The van der Waals surface area contributed by atoms with Crippen molar-refractivity contribution in [3.8, 4) is 6.07 Å². The third kappa shape index (κ3) is 2.98. The second-order valence-corrected chi connectivity index (χ2v) is 4.83. The molecule has 0 radical (unpaired) electrons. The van der Waals surface area contributed by atoms with Gasteiger partial charge in [-0.1, -0.05) is 13.8 Å². The zero-order valence-electron chi connectivity index (χ0n) is 11.2. The maximum atomic E-state index is 11.1. The van der Waals surface area contributed by atoms with Crippen LogP contribution in [0.5, 0.6) is 0 Å². The monoisotopic (exact) mass is 263 g/mol. The summed E-state index contributed by atoms with van der Waals surface area (Å²) in [6.07, 6.45) is 1.37. The largest absolute Gasteiger partial charge is 0.358 e. The molecule has 7 heteroatoms. The van der Waals surface area contributed by atoms with Crippen molar-refractivity contribution in [1.82, 2.24) is 4.98 Å². The SMILES string of the molecule is CC(C)C(C)(CN)Nc1nccc(C#N)c1[N+](=O)[O-].